The summed E-state index contributed by atoms with van der Waals surface area (Å²) < 4.78 is 49.9. The van der Waals surface area contributed by atoms with Crippen molar-refractivity contribution in [2.45, 2.75) is 16.3 Å². The molecule has 0 saturated carbocycles. The van der Waals surface area contributed by atoms with E-state index >= 15 is 0 Å². The lowest BCUT2D eigenvalue weighted by molar-refractivity contribution is -0.0384. The molecule has 5 nitrogen and oxygen atoms in total. The molecule has 3 aromatic carbocycles. The largest absolute Gasteiger partial charge is 0.475 e. The number of nitrogens with one attached hydrogen (secondary N) is 1. The lowest BCUT2D eigenvalue weighted by Crippen LogP contribution is -2.16. The van der Waals surface area contributed by atoms with Gasteiger partial charge in [0.25, 0.3) is 0 Å². The van der Waals surface area contributed by atoms with Crippen LogP contribution >= 0.6 is 22.9 Å². The van der Waals surface area contributed by atoms with Crippen LogP contribution in [0.15, 0.2) is 89.5 Å². The lowest BCUT2D eigenvalue weighted by atomic mass is 9.91. The number of nitrogens with zero attached hydrogens (tertiary/aromatic N) is 3. The van der Waals surface area contributed by atoms with Gasteiger partial charge in [-0.05, 0) is 59.7 Å². The molecule has 0 aliphatic carbocycles. The molecule has 2 aromatic heterocycles. The Balaban J connectivity index is 1.52. The topological polar surface area (TPSA) is 67.8 Å². The van der Waals surface area contributed by atoms with Crippen LogP contribution in [0, 0.1) is 0 Å². The first-order valence-electron chi connectivity index (χ1n) is 10.5. The lowest BCUT2D eigenvalue weighted by Gasteiger charge is -2.17. The third kappa shape index (κ3) is 5.11. The maximum Gasteiger partial charge on any atom is 0.475 e. The predicted octanol–water partition coefficient (Wildman–Crippen LogP) is 7.29. The first-order valence-corrected chi connectivity index (χ1v) is 13.0. The Hall–Kier alpha value is -3.34. The van der Waals surface area contributed by atoms with Crippen molar-refractivity contribution in [2.75, 3.05) is 5.32 Å². The highest BCUT2D eigenvalue weighted by molar-refractivity contribution is 7.86. The van der Waals surface area contributed by atoms with E-state index in [-0.39, 0.29) is 10.8 Å². The van der Waals surface area contributed by atoms with Gasteiger partial charge in [0.05, 0.1) is 11.4 Å². The van der Waals surface area contributed by atoms with Gasteiger partial charge in [0.2, 0.25) is 0 Å². The molecule has 0 radical (unpaired) electrons. The Kier molecular flexibility index (Phi) is 6.74. The third-order valence-corrected chi connectivity index (χ3v) is 7.65. The molecular formula is C25H16ClF3N4OS2. The normalized spacial score (nSPS) is 13.4. The number of aromatic nitrogens is 3. The summed E-state index contributed by atoms with van der Waals surface area (Å²) in [5.74, 6) is 0.344. The zero-order chi connectivity index (χ0) is 25.3. The number of benzene rings is 3. The van der Waals surface area contributed by atoms with Crippen molar-refractivity contribution in [3.8, 4) is 0 Å². The molecule has 182 valence electrons. The highest BCUT2D eigenvalue weighted by Crippen LogP contribution is 2.36. The van der Waals surface area contributed by atoms with Crippen molar-refractivity contribution in [1.82, 2.24) is 15.0 Å². The smallest absolute Gasteiger partial charge is 0.340 e. The highest BCUT2D eigenvalue weighted by atomic mass is 35.5. The van der Waals surface area contributed by atoms with E-state index in [9.17, 15) is 17.4 Å². The van der Waals surface area contributed by atoms with Crippen LogP contribution in [0.25, 0.3) is 10.9 Å². The Morgan fingerprint density at radius 1 is 0.917 bits per heavy atom. The number of rotatable bonds is 6. The SMILES string of the molecule is O=S(c1ccc(Nc2ncnc3ccc(C(c4ccc(Cl)cc4)c4nccs4)cc23)cc1)C(F)(F)F. The number of hydrogen-bond donors (Lipinski definition) is 1. The number of anilines is 2. The Labute approximate surface area is 215 Å². The molecule has 0 aliphatic heterocycles. The quantitative estimate of drug-likeness (QED) is 0.243. The molecule has 5 aromatic rings. The molecule has 0 spiro atoms. The molecule has 0 aliphatic rings. The van der Waals surface area contributed by atoms with Crippen LogP contribution in [0.5, 0.6) is 0 Å². The Morgan fingerprint density at radius 2 is 1.64 bits per heavy atom. The molecule has 0 amide bonds. The minimum atomic E-state index is -4.81. The van der Waals surface area contributed by atoms with Crippen LogP contribution in [-0.4, -0.2) is 24.7 Å². The van der Waals surface area contributed by atoms with Gasteiger partial charge in [-0.25, -0.2) is 19.2 Å². The first-order chi connectivity index (χ1) is 17.3. The molecule has 5 rings (SSSR count). The van der Waals surface area contributed by atoms with Crippen LogP contribution in [-0.2, 0) is 10.8 Å². The van der Waals surface area contributed by atoms with Gasteiger partial charge in [0.1, 0.15) is 17.2 Å². The standard InChI is InChI=1S/C25H16ClF3N4OS2/c26-17-4-1-15(2-5-17)22(24-30-11-12-35-24)16-3-10-21-20(13-16)23(32-14-31-21)33-18-6-8-19(9-7-18)36(34)25(27,28)29/h1-14,22H,(H,31,32,33). The van der Waals surface area contributed by atoms with Crippen molar-refractivity contribution >= 4 is 56.1 Å². The van der Waals surface area contributed by atoms with Crippen LogP contribution in [0.2, 0.25) is 5.02 Å². The summed E-state index contributed by atoms with van der Waals surface area (Å²) in [5.41, 5.74) is -1.63. The van der Waals surface area contributed by atoms with Crippen molar-refractivity contribution in [2.24, 2.45) is 0 Å². The van der Waals surface area contributed by atoms with Gasteiger partial charge in [-0.3, -0.25) is 0 Å². The number of alkyl halides is 3. The van der Waals surface area contributed by atoms with Crippen molar-refractivity contribution in [1.29, 1.82) is 0 Å². The molecule has 0 saturated heterocycles. The van der Waals surface area contributed by atoms with E-state index in [0.717, 1.165) is 21.5 Å². The zero-order valence-electron chi connectivity index (χ0n) is 18.2. The number of halogens is 4. The van der Waals surface area contributed by atoms with Gasteiger partial charge in [-0.1, -0.05) is 29.8 Å². The zero-order valence-corrected chi connectivity index (χ0v) is 20.6. The summed E-state index contributed by atoms with van der Waals surface area (Å²) in [7, 11) is -3.09. The molecule has 2 atom stereocenters. The fourth-order valence-electron chi connectivity index (χ4n) is 3.80. The van der Waals surface area contributed by atoms with Crippen molar-refractivity contribution in [3.05, 3.63) is 106 Å². The van der Waals surface area contributed by atoms with E-state index in [2.05, 4.69) is 20.3 Å². The average Bonchev–Trinajstić information content (AvgIpc) is 3.40. The van der Waals surface area contributed by atoms with E-state index in [0.29, 0.717) is 22.0 Å². The van der Waals surface area contributed by atoms with Gasteiger partial charge in [-0.2, -0.15) is 13.2 Å². The molecule has 2 heterocycles. The van der Waals surface area contributed by atoms with Crippen LogP contribution in [0.4, 0.5) is 24.7 Å². The second-order valence-electron chi connectivity index (χ2n) is 7.72. The minimum absolute atomic E-state index is 0.142. The summed E-state index contributed by atoms with van der Waals surface area (Å²) in [5, 5.41) is 7.34. The first kappa shape index (κ1) is 24.4. The summed E-state index contributed by atoms with van der Waals surface area (Å²) in [6.07, 6.45) is 3.17. The number of hydrogen-bond acceptors (Lipinski definition) is 6. The molecular weight excluding hydrogens is 529 g/mol. The van der Waals surface area contributed by atoms with E-state index in [1.54, 1.807) is 17.5 Å². The van der Waals surface area contributed by atoms with Crippen LogP contribution in [0.3, 0.4) is 0 Å². The van der Waals surface area contributed by atoms with E-state index in [4.69, 9.17) is 11.6 Å². The fraction of sp³-hybridized carbons (Fsp3) is 0.0800. The molecule has 0 fully saturated rings. The van der Waals surface area contributed by atoms with Gasteiger partial charge >= 0.3 is 5.51 Å². The van der Waals surface area contributed by atoms with E-state index in [1.807, 2.05) is 47.8 Å². The summed E-state index contributed by atoms with van der Waals surface area (Å²) in [6.45, 7) is 0. The van der Waals surface area contributed by atoms with Crippen LogP contribution in [0.1, 0.15) is 22.1 Å². The minimum Gasteiger partial charge on any atom is -0.340 e. The average molecular weight is 545 g/mol. The second kappa shape index (κ2) is 9.96. The van der Waals surface area contributed by atoms with Gasteiger partial charge in [-0.15, -0.1) is 11.3 Å². The molecule has 36 heavy (non-hydrogen) atoms. The summed E-state index contributed by atoms with van der Waals surface area (Å²) >= 11 is 7.65. The van der Waals surface area contributed by atoms with E-state index in [1.165, 1.54) is 30.6 Å². The highest BCUT2D eigenvalue weighted by Gasteiger charge is 2.37. The third-order valence-electron chi connectivity index (χ3n) is 5.44. The molecule has 0 bridgehead atoms. The maximum atomic E-state index is 12.8. The Morgan fingerprint density at radius 3 is 2.31 bits per heavy atom. The molecule has 11 heteroatoms. The monoisotopic (exact) mass is 544 g/mol. The Bertz CT molecular complexity index is 1530. The fourth-order valence-corrected chi connectivity index (χ4v) is 5.36. The number of thiazole rings is 1. The summed E-state index contributed by atoms with van der Waals surface area (Å²) in [4.78, 5) is 12.9. The number of fused-ring (bicyclic) bond motifs is 1. The summed E-state index contributed by atoms with van der Waals surface area (Å²) in [6, 6.07) is 18.7. The van der Waals surface area contributed by atoms with Gasteiger partial charge < -0.3 is 5.32 Å². The van der Waals surface area contributed by atoms with Gasteiger partial charge in [0, 0.05) is 32.6 Å². The second-order valence-corrected chi connectivity index (χ2v) is 10.6. The van der Waals surface area contributed by atoms with Crippen molar-refractivity contribution in [3.63, 3.8) is 0 Å². The molecule has 1 N–H and O–H groups in total. The van der Waals surface area contributed by atoms with Crippen LogP contribution < -0.4 is 5.32 Å². The van der Waals surface area contributed by atoms with Gasteiger partial charge in [0.15, 0.2) is 10.8 Å². The molecule has 2 unspecified atom stereocenters. The van der Waals surface area contributed by atoms with Crippen molar-refractivity contribution < 1.29 is 17.4 Å². The van der Waals surface area contributed by atoms with E-state index < -0.39 is 16.3 Å². The maximum absolute atomic E-state index is 12.8. The predicted molar refractivity (Wildman–Crippen MR) is 136 cm³/mol.